The number of aldehydes is 1. The van der Waals surface area contributed by atoms with E-state index in [0.717, 1.165) is 0 Å². The molecular weight excluding hydrogens is 250 g/mol. The predicted molar refractivity (Wildman–Crippen MR) is 55.8 cm³/mol. The first-order chi connectivity index (χ1) is 6.61. The molecule has 0 aliphatic rings. The largest absolute Gasteiger partial charge is 0.477 e. The number of carboxylic acid groups (broad SMARTS) is 1. The molecule has 0 amide bonds. The molecule has 0 aliphatic heterocycles. The number of rotatable bonds is 3. The Hall–Kier alpha value is -1.36. The van der Waals surface area contributed by atoms with Crippen molar-refractivity contribution >= 4 is 34.3 Å². The molecule has 0 radical (unpaired) electrons. The highest BCUT2D eigenvalue weighted by molar-refractivity contribution is 9.11. The number of aromatic nitrogens is 1. The zero-order valence-corrected chi connectivity index (χ0v) is 8.96. The van der Waals surface area contributed by atoms with Gasteiger partial charge in [-0.05, 0) is 23.5 Å². The second-order valence-electron chi connectivity index (χ2n) is 2.67. The van der Waals surface area contributed by atoms with Crippen molar-refractivity contribution in [3.05, 3.63) is 27.5 Å². The summed E-state index contributed by atoms with van der Waals surface area (Å²) >= 11 is 3.07. The van der Waals surface area contributed by atoms with Gasteiger partial charge in [0.15, 0.2) is 6.29 Å². The highest BCUT2D eigenvalue weighted by Gasteiger charge is 2.16. The summed E-state index contributed by atoms with van der Waals surface area (Å²) in [6.45, 7) is 1.65. The topological polar surface area (TPSA) is 70.2 Å². The minimum absolute atomic E-state index is 0.0488. The van der Waals surface area contributed by atoms with Crippen molar-refractivity contribution in [2.75, 3.05) is 0 Å². The summed E-state index contributed by atoms with van der Waals surface area (Å²) in [5.74, 6) is -1.07. The molecule has 2 N–H and O–H groups in total. The summed E-state index contributed by atoms with van der Waals surface area (Å²) in [5, 5.41) is 8.78. The Labute approximate surface area is 88.8 Å². The summed E-state index contributed by atoms with van der Waals surface area (Å²) in [6.07, 6.45) is 2.23. The second kappa shape index (κ2) is 4.23. The van der Waals surface area contributed by atoms with Crippen molar-refractivity contribution in [3.8, 4) is 0 Å². The van der Waals surface area contributed by atoms with Crippen LogP contribution in [-0.2, 0) is 0 Å². The molecule has 5 heteroatoms. The average Bonchev–Trinajstić information content (AvgIpc) is 2.45. The zero-order chi connectivity index (χ0) is 10.7. The molecule has 1 aromatic rings. The van der Waals surface area contributed by atoms with E-state index >= 15 is 0 Å². The third-order valence-electron chi connectivity index (χ3n) is 1.89. The zero-order valence-electron chi connectivity index (χ0n) is 7.37. The Morgan fingerprint density at radius 1 is 1.57 bits per heavy atom. The molecule has 0 unspecified atom stereocenters. The van der Waals surface area contributed by atoms with Gasteiger partial charge >= 0.3 is 5.97 Å². The maximum absolute atomic E-state index is 10.7. The van der Waals surface area contributed by atoms with E-state index in [1.54, 1.807) is 18.0 Å². The summed E-state index contributed by atoms with van der Waals surface area (Å²) in [6, 6.07) is 0. The molecule has 0 saturated heterocycles. The Morgan fingerprint density at radius 3 is 2.64 bits per heavy atom. The van der Waals surface area contributed by atoms with Gasteiger partial charge in [0.2, 0.25) is 0 Å². The molecule has 0 atom stereocenters. The van der Waals surface area contributed by atoms with Crippen LogP contribution in [0.3, 0.4) is 0 Å². The first-order valence-electron chi connectivity index (χ1n) is 3.79. The van der Waals surface area contributed by atoms with Gasteiger partial charge in [-0.15, -0.1) is 0 Å². The van der Waals surface area contributed by atoms with E-state index in [4.69, 9.17) is 5.11 Å². The van der Waals surface area contributed by atoms with Crippen molar-refractivity contribution in [1.29, 1.82) is 0 Å². The minimum Gasteiger partial charge on any atom is -0.477 e. The van der Waals surface area contributed by atoms with Gasteiger partial charge in [-0.2, -0.15) is 0 Å². The van der Waals surface area contributed by atoms with Gasteiger partial charge in [-0.25, -0.2) is 4.79 Å². The summed E-state index contributed by atoms with van der Waals surface area (Å²) in [7, 11) is 0. The van der Waals surface area contributed by atoms with Crippen LogP contribution in [0.15, 0.2) is 4.99 Å². The highest BCUT2D eigenvalue weighted by Crippen LogP contribution is 2.19. The van der Waals surface area contributed by atoms with Crippen LogP contribution in [0.25, 0.3) is 6.08 Å². The maximum Gasteiger partial charge on any atom is 0.352 e. The van der Waals surface area contributed by atoms with Crippen molar-refractivity contribution in [3.63, 3.8) is 0 Å². The van der Waals surface area contributed by atoms with Gasteiger partial charge in [0, 0.05) is 5.56 Å². The summed E-state index contributed by atoms with van der Waals surface area (Å²) in [5.41, 5.74) is 1.47. The Bertz CT molecular complexity index is 406. The van der Waals surface area contributed by atoms with Crippen LogP contribution in [0.4, 0.5) is 0 Å². The molecule has 0 saturated carbocycles. The van der Waals surface area contributed by atoms with Crippen molar-refractivity contribution in [1.82, 2.24) is 4.98 Å². The molecule has 1 heterocycles. The quantitative estimate of drug-likeness (QED) is 0.816. The fourth-order valence-corrected chi connectivity index (χ4v) is 1.48. The van der Waals surface area contributed by atoms with E-state index in [0.29, 0.717) is 17.4 Å². The van der Waals surface area contributed by atoms with E-state index < -0.39 is 5.97 Å². The highest BCUT2D eigenvalue weighted by atomic mass is 79.9. The smallest absolute Gasteiger partial charge is 0.352 e. The molecule has 0 aromatic carbocycles. The summed E-state index contributed by atoms with van der Waals surface area (Å²) < 4.78 is 0. The molecule has 0 aliphatic carbocycles. The molecule has 0 fully saturated rings. The first-order valence-corrected chi connectivity index (χ1v) is 4.71. The molecule has 4 nitrogen and oxygen atoms in total. The third kappa shape index (κ3) is 1.77. The van der Waals surface area contributed by atoms with Gasteiger partial charge in [-0.3, -0.25) is 4.79 Å². The SMILES string of the molecule is Cc1c(C(=O)O)[nH]c(C=O)c1/C=C/Br. The number of hydrogen-bond donors (Lipinski definition) is 2. The maximum atomic E-state index is 10.7. The van der Waals surface area contributed by atoms with E-state index in [1.807, 2.05) is 0 Å². The minimum atomic E-state index is -1.07. The Kier molecular flexibility index (Phi) is 3.24. The predicted octanol–water partition coefficient (Wildman–Crippen LogP) is 2.20. The molecule has 0 bridgehead atoms. The standard InChI is InChI=1S/C9H8BrNO3/c1-5-6(2-3-10)7(4-12)11-8(5)9(13)14/h2-4,11H,1H3,(H,13,14)/b3-2+. The van der Waals surface area contributed by atoms with Gasteiger partial charge in [0.1, 0.15) is 5.69 Å². The third-order valence-corrected chi connectivity index (χ3v) is 2.15. The summed E-state index contributed by atoms with van der Waals surface area (Å²) in [4.78, 5) is 25.5. The van der Waals surface area contributed by atoms with Crippen molar-refractivity contribution < 1.29 is 14.7 Å². The van der Waals surface area contributed by atoms with Crippen LogP contribution in [0.2, 0.25) is 0 Å². The lowest BCUT2D eigenvalue weighted by Gasteiger charge is -1.92. The van der Waals surface area contributed by atoms with E-state index in [1.165, 1.54) is 0 Å². The number of aromatic carboxylic acids is 1. The number of carboxylic acids is 1. The van der Waals surface area contributed by atoms with Crippen LogP contribution < -0.4 is 0 Å². The number of carbonyl (C=O) groups excluding carboxylic acids is 1. The normalized spacial score (nSPS) is 10.7. The Morgan fingerprint density at radius 2 is 2.21 bits per heavy atom. The lowest BCUT2D eigenvalue weighted by Crippen LogP contribution is -1.98. The molecule has 0 spiro atoms. The Balaban J connectivity index is 3.39. The lowest BCUT2D eigenvalue weighted by atomic mass is 10.1. The van der Waals surface area contributed by atoms with Gasteiger partial charge in [0.05, 0.1) is 5.69 Å². The number of nitrogens with one attached hydrogen (secondary N) is 1. The van der Waals surface area contributed by atoms with Crippen LogP contribution >= 0.6 is 15.9 Å². The van der Waals surface area contributed by atoms with Gasteiger partial charge < -0.3 is 10.1 Å². The first kappa shape index (κ1) is 10.7. The average molecular weight is 258 g/mol. The lowest BCUT2D eigenvalue weighted by molar-refractivity contribution is 0.0690. The number of aromatic amines is 1. The fourth-order valence-electron chi connectivity index (χ4n) is 1.22. The number of carbonyl (C=O) groups is 2. The van der Waals surface area contributed by atoms with E-state index in [9.17, 15) is 9.59 Å². The van der Waals surface area contributed by atoms with Crippen LogP contribution in [0.5, 0.6) is 0 Å². The monoisotopic (exact) mass is 257 g/mol. The van der Waals surface area contributed by atoms with Crippen LogP contribution in [0, 0.1) is 6.92 Å². The van der Waals surface area contributed by atoms with E-state index in [2.05, 4.69) is 20.9 Å². The number of H-pyrrole nitrogens is 1. The van der Waals surface area contributed by atoms with Crippen molar-refractivity contribution in [2.45, 2.75) is 6.92 Å². The van der Waals surface area contributed by atoms with E-state index in [-0.39, 0.29) is 11.4 Å². The molecule has 74 valence electrons. The van der Waals surface area contributed by atoms with Gasteiger partial charge in [0.25, 0.3) is 0 Å². The molecule has 1 rings (SSSR count). The second-order valence-corrected chi connectivity index (χ2v) is 3.20. The fraction of sp³-hybridized carbons (Fsp3) is 0.111. The van der Waals surface area contributed by atoms with Gasteiger partial charge in [-0.1, -0.05) is 15.9 Å². The molecular formula is C9H8BrNO3. The number of halogens is 1. The number of hydrogen-bond acceptors (Lipinski definition) is 2. The van der Waals surface area contributed by atoms with Crippen molar-refractivity contribution in [2.24, 2.45) is 0 Å². The molecule has 14 heavy (non-hydrogen) atoms. The van der Waals surface area contributed by atoms with Crippen LogP contribution in [-0.4, -0.2) is 22.3 Å². The molecule has 1 aromatic heterocycles. The van der Waals surface area contributed by atoms with Crippen LogP contribution in [0.1, 0.15) is 32.1 Å².